The van der Waals surface area contributed by atoms with E-state index in [4.69, 9.17) is 11.6 Å². The molecule has 0 aromatic heterocycles. The normalized spacial score (nSPS) is 20.3. The summed E-state index contributed by atoms with van der Waals surface area (Å²) in [5.41, 5.74) is 2.05. The second-order valence-corrected chi connectivity index (χ2v) is 7.57. The maximum atomic E-state index is 11.4. The smallest absolute Gasteiger partial charge is 0.153 e. The van der Waals surface area contributed by atoms with Crippen molar-refractivity contribution in [3.8, 4) is 0 Å². The zero-order chi connectivity index (χ0) is 14.0. The van der Waals surface area contributed by atoms with Crippen LogP contribution < -0.4 is 10.2 Å². The minimum atomic E-state index is -2.86. The Hall–Kier alpha value is -0.780. The van der Waals surface area contributed by atoms with E-state index in [1.54, 1.807) is 0 Å². The van der Waals surface area contributed by atoms with Gasteiger partial charge >= 0.3 is 0 Å². The first kappa shape index (κ1) is 14.6. The third kappa shape index (κ3) is 3.41. The number of nitrogens with zero attached hydrogens (tertiary/aromatic N) is 1. The van der Waals surface area contributed by atoms with Crippen molar-refractivity contribution < 1.29 is 8.42 Å². The van der Waals surface area contributed by atoms with Crippen molar-refractivity contribution in [3.63, 3.8) is 0 Å². The maximum absolute atomic E-state index is 11.4. The number of nitrogens with one attached hydrogen (secondary N) is 1. The van der Waals surface area contributed by atoms with E-state index in [-0.39, 0.29) is 17.5 Å². The SMILES string of the molecule is CNC(C)c1ccc(N2CCS(=O)(=O)CC2)c(Cl)c1. The van der Waals surface area contributed by atoms with Gasteiger partial charge in [0.25, 0.3) is 0 Å². The maximum Gasteiger partial charge on any atom is 0.153 e. The van der Waals surface area contributed by atoms with Gasteiger partial charge in [0.05, 0.1) is 22.2 Å². The van der Waals surface area contributed by atoms with Gasteiger partial charge in [-0.15, -0.1) is 0 Å². The molecule has 0 amide bonds. The summed E-state index contributed by atoms with van der Waals surface area (Å²) in [6, 6.07) is 6.20. The van der Waals surface area contributed by atoms with Gasteiger partial charge in [0.2, 0.25) is 0 Å². The molecular weight excluding hydrogens is 284 g/mol. The summed E-state index contributed by atoms with van der Waals surface area (Å²) >= 11 is 6.32. The number of hydrogen-bond acceptors (Lipinski definition) is 4. The highest BCUT2D eigenvalue weighted by Crippen LogP contribution is 2.29. The van der Waals surface area contributed by atoms with Crippen molar-refractivity contribution in [1.29, 1.82) is 0 Å². The zero-order valence-corrected chi connectivity index (χ0v) is 12.8. The van der Waals surface area contributed by atoms with Crippen molar-refractivity contribution >= 4 is 27.1 Å². The Morgan fingerprint density at radius 2 is 1.95 bits per heavy atom. The number of anilines is 1. The highest BCUT2D eigenvalue weighted by molar-refractivity contribution is 7.91. The molecule has 19 heavy (non-hydrogen) atoms. The predicted molar refractivity (Wildman–Crippen MR) is 79.8 cm³/mol. The largest absolute Gasteiger partial charge is 0.368 e. The lowest BCUT2D eigenvalue weighted by Crippen LogP contribution is -2.40. The Kier molecular flexibility index (Phi) is 4.38. The van der Waals surface area contributed by atoms with Crippen LogP contribution in [0.4, 0.5) is 5.69 Å². The van der Waals surface area contributed by atoms with Crippen LogP contribution in [0.5, 0.6) is 0 Å². The Morgan fingerprint density at radius 3 is 2.47 bits per heavy atom. The molecule has 1 aromatic carbocycles. The van der Waals surface area contributed by atoms with E-state index < -0.39 is 9.84 Å². The fourth-order valence-corrected chi connectivity index (χ4v) is 3.68. The van der Waals surface area contributed by atoms with Gasteiger partial charge in [-0.2, -0.15) is 0 Å². The van der Waals surface area contributed by atoms with Crippen LogP contribution in [-0.2, 0) is 9.84 Å². The van der Waals surface area contributed by atoms with Crippen molar-refractivity contribution in [2.24, 2.45) is 0 Å². The number of benzene rings is 1. The molecule has 1 atom stereocenters. The second kappa shape index (κ2) is 5.69. The molecule has 2 rings (SSSR count). The summed E-state index contributed by atoms with van der Waals surface area (Å²) in [6.45, 7) is 3.10. The summed E-state index contributed by atoms with van der Waals surface area (Å²) in [6.07, 6.45) is 0. The summed E-state index contributed by atoms with van der Waals surface area (Å²) in [5.74, 6) is 0.413. The minimum absolute atomic E-state index is 0.206. The first-order valence-electron chi connectivity index (χ1n) is 6.35. The van der Waals surface area contributed by atoms with Crippen LogP contribution in [0.25, 0.3) is 0 Å². The van der Waals surface area contributed by atoms with E-state index >= 15 is 0 Å². The molecule has 1 unspecified atom stereocenters. The van der Waals surface area contributed by atoms with E-state index in [1.807, 2.05) is 30.1 Å². The molecule has 0 radical (unpaired) electrons. The molecule has 1 fully saturated rings. The summed E-state index contributed by atoms with van der Waals surface area (Å²) in [4.78, 5) is 2.04. The summed E-state index contributed by atoms with van der Waals surface area (Å²) < 4.78 is 22.9. The van der Waals surface area contributed by atoms with E-state index in [9.17, 15) is 8.42 Å². The molecule has 6 heteroatoms. The topological polar surface area (TPSA) is 49.4 Å². The first-order chi connectivity index (χ1) is 8.93. The van der Waals surface area contributed by atoms with E-state index in [0.29, 0.717) is 18.1 Å². The fourth-order valence-electron chi connectivity index (χ4n) is 2.17. The molecule has 1 aliphatic heterocycles. The van der Waals surface area contributed by atoms with Crippen LogP contribution in [0, 0.1) is 0 Å². The van der Waals surface area contributed by atoms with Gasteiger partial charge in [-0.25, -0.2) is 8.42 Å². The van der Waals surface area contributed by atoms with Gasteiger partial charge in [0.1, 0.15) is 0 Å². The van der Waals surface area contributed by atoms with Gasteiger partial charge < -0.3 is 10.2 Å². The van der Waals surface area contributed by atoms with Crippen LogP contribution in [0.3, 0.4) is 0 Å². The van der Waals surface area contributed by atoms with Crippen LogP contribution >= 0.6 is 11.6 Å². The Morgan fingerprint density at radius 1 is 1.32 bits per heavy atom. The number of halogens is 1. The van der Waals surface area contributed by atoms with E-state index in [1.165, 1.54) is 0 Å². The Labute approximate surface area is 119 Å². The van der Waals surface area contributed by atoms with Gasteiger partial charge in [0, 0.05) is 19.1 Å². The molecule has 106 valence electrons. The first-order valence-corrected chi connectivity index (χ1v) is 8.55. The van der Waals surface area contributed by atoms with Gasteiger partial charge in [-0.05, 0) is 31.7 Å². The lowest BCUT2D eigenvalue weighted by Gasteiger charge is -2.29. The average Bonchev–Trinajstić information content (AvgIpc) is 2.38. The van der Waals surface area contributed by atoms with Gasteiger partial charge in [-0.3, -0.25) is 0 Å². The van der Waals surface area contributed by atoms with Crippen molar-refractivity contribution in [2.75, 3.05) is 36.5 Å². The second-order valence-electron chi connectivity index (χ2n) is 4.86. The van der Waals surface area contributed by atoms with Crippen LogP contribution in [0.1, 0.15) is 18.5 Å². The average molecular weight is 303 g/mol. The quantitative estimate of drug-likeness (QED) is 0.926. The molecule has 1 aromatic rings. The fraction of sp³-hybridized carbons (Fsp3) is 0.538. The molecule has 4 nitrogen and oxygen atoms in total. The zero-order valence-electron chi connectivity index (χ0n) is 11.2. The Balaban J connectivity index is 2.18. The Bertz CT molecular complexity index is 546. The number of rotatable bonds is 3. The van der Waals surface area contributed by atoms with Crippen molar-refractivity contribution in [2.45, 2.75) is 13.0 Å². The predicted octanol–water partition coefficient (Wildman–Crippen LogP) is 1.86. The standard InChI is InChI=1S/C13H19ClN2O2S/c1-10(15-2)11-3-4-13(12(14)9-11)16-5-7-19(17,18)8-6-16/h3-4,9-10,15H,5-8H2,1-2H3. The highest BCUT2D eigenvalue weighted by Gasteiger charge is 2.23. The molecule has 1 N–H and O–H groups in total. The van der Waals surface area contributed by atoms with Crippen molar-refractivity contribution in [1.82, 2.24) is 5.32 Å². The highest BCUT2D eigenvalue weighted by atomic mass is 35.5. The molecule has 0 saturated carbocycles. The molecule has 0 spiro atoms. The summed E-state index contributed by atoms with van der Waals surface area (Å²) in [5, 5.41) is 3.85. The minimum Gasteiger partial charge on any atom is -0.368 e. The van der Waals surface area contributed by atoms with Crippen molar-refractivity contribution in [3.05, 3.63) is 28.8 Å². The van der Waals surface area contributed by atoms with Crippen LogP contribution in [0.2, 0.25) is 5.02 Å². The lowest BCUT2D eigenvalue weighted by atomic mass is 10.1. The number of hydrogen-bond donors (Lipinski definition) is 1. The molecule has 1 saturated heterocycles. The molecule has 1 heterocycles. The number of sulfone groups is 1. The third-order valence-electron chi connectivity index (χ3n) is 3.59. The van der Waals surface area contributed by atoms with E-state index in [0.717, 1.165) is 11.3 Å². The van der Waals surface area contributed by atoms with E-state index in [2.05, 4.69) is 12.2 Å². The van der Waals surface area contributed by atoms with Crippen LogP contribution in [0.15, 0.2) is 18.2 Å². The third-order valence-corrected chi connectivity index (χ3v) is 5.50. The van der Waals surface area contributed by atoms with Crippen LogP contribution in [-0.4, -0.2) is 40.1 Å². The molecular formula is C13H19ClN2O2S. The summed E-state index contributed by atoms with van der Waals surface area (Å²) in [7, 11) is -0.952. The van der Waals surface area contributed by atoms with Gasteiger partial charge in [0.15, 0.2) is 9.84 Å². The molecule has 0 aliphatic carbocycles. The molecule has 1 aliphatic rings. The molecule has 0 bridgehead atoms. The van der Waals surface area contributed by atoms with Gasteiger partial charge in [-0.1, -0.05) is 17.7 Å². The monoisotopic (exact) mass is 302 g/mol. The lowest BCUT2D eigenvalue weighted by molar-refractivity contribution is 0.587.